The summed E-state index contributed by atoms with van der Waals surface area (Å²) in [5.74, 6) is 0.163. The van der Waals surface area contributed by atoms with E-state index in [1.807, 2.05) is 56.3 Å². The molecule has 2 aromatic heterocycles. The van der Waals surface area contributed by atoms with E-state index in [-0.39, 0.29) is 24.8 Å². The first-order valence-electron chi connectivity index (χ1n) is 11.8. The van der Waals surface area contributed by atoms with Gasteiger partial charge in [-0.2, -0.15) is 0 Å². The summed E-state index contributed by atoms with van der Waals surface area (Å²) in [4.78, 5) is 30.3. The highest BCUT2D eigenvalue weighted by Crippen LogP contribution is 2.26. The second-order valence-electron chi connectivity index (χ2n) is 8.53. The van der Waals surface area contributed by atoms with Crippen LogP contribution in [0.15, 0.2) is 59.4 Å². The Morgan fingerprint density at radius 1 is 1.11 bits per heavy atom. The highest BCUT2D eigenvalue weighted by molar-refractivity contribution is 5.79. The topological polar surface area (TPSA) is 106 Å². The van der Waals surface area contributed by atoms with Crippen molar-refractivity contribution >= 4 is 16.9 Å². The van der Waals surface area contributed by atoms with E-state index in [1.165, 1.54) is 4.68 Å². The maximum atomic E-state index is 13.0. The molecule has 0 fully saturated rings. The molecular formula is C26H30N6O3. The summed E-state index contributed by atoms with van der Waals surface area (Å²) in [5, 5.41) is 13.1. The average molecular weight is 475 g/mol. The van der Waals surface area contributed by atoms with Gasteiger partial charge in [0.1, 0.15) is 6.54 Å². The van der Waals surface area contributed by atoms with Crippen LogP contribution < -0.4 is 5.56 Å². The number of nitrogens with one attached hydrogen (secondary N) is 1. The lowest BCUT2D eigenvalue weighted by Crippen LogP contribution is -2.33. The summed E-state index contributed by atoms with van der Waals surface area (Å²) in [7, 11) is 0. The number of aromatic amines is 1. The molecule has 4 aromatic rings. The number of H-pyrrole nitrogens is 1. The number of nitrogens with zero attached hydrogens (tertiary/aromatic N) is 5. The van der Waals surface area contributed by atoms with E-state index in [0.29, 0.717) is 30.9 Å². The van der Waals surface area contributed by atoms with Gasteiger partial charge in [-0.3, -0.25) is 14.5 Å². The molecule has 182 valence electrons. The molecule has 0 radical (unpaired) electrons. The number of tetrazole rings is 1. The van der Waals surface area contributed by atoms with E-state index in [1.54, 1.807) is 6.92 Å². The highest BCUT2D eigenvalue weighted by Gasteiger charge is 2.27. The lowest BCUT2D eigenvalue weighted by Gasteiger charge is -2.30. The number of carbonyl (C=O) groups is 1. The molecule has 0 aliphatic carbocycles. The van der Waals surface area contributed by atoms with Crippen molar-refractivity contribution in [2.45, 2.75) is 52.9 Å². The van der Waals surface area contributed by atoms with Crippen LogP contribution in [-0.4, -0.2) is 42.7 Å². The number of carbonyl (C=O) groups excluding carboxylic acids is 1. The van der Waals surface area contributed by atoms with Crippen LogP contribution in [-0.2, 0) is 29.2 Å². The van der Waals surface area contributed by atoms with Crippen LogP contribution in [0.3, 0.4) is 0 Å². The minimum atomic E-state index is -0.397. The van der Waals surface area contributed by atoms with Crippen LogP contribution in [0.5, 0.6) is 0 Å². The van der Waals surface area contributed by atoms with Crippen molar-refractivity contribution in [2.24, 2.45) is 0 Å². The Kier molecular flexibility index (Phi) is 7.67. The molecule has 0 amide bonds. The largest absolute Gasteiger partial charge is 0.465 e. The molecule has 1 N–H and O–H groups in total. The Labute approximate surface area is 203 Å². The first-order valence-corrected chi connectivity index (χ1v) is 11.8. The average Bonchev–Trinajstić information content (AvgIpc) is 3.28. The Morgan fingerprint density at radius 2 is 1.91 bits per heavy atom. The van der Waals surface area contributed by atoms with Gasteiger partial charge in [0.25, 0.3) is 5.56 Å². The zero-order chi connectivity index (χ0) is 24.8. The van der Waals surface area contributed by atoms with Crippen molar-refractivity contribution in [3.63, 3.8) is 0 Å². The minimum Gasteiger partial charge on any atom is -0.465 e. The monoisotopic (exact) mass is 474 g/mol. The molecule has 4 rings (SSSR count). The Hall–Kier alpha value is -3.85. The summed E-state index contributed by atoms with van der Waals surface area (Å²) in [6.45, 7) is 6.99. The molecule has 1 unspecified atom stereocenters. The third-order valence-corrected chi connectivity index (χ3v) is 5.95. The zero-order valence-corrected chi connectivity index (χ0v) is 20.3. The van der Waals surface area contributed by atoms with Gasteiger partial charge in [0.05, 0.1) is 12.6 Å². The molecular weight excluding hydrogens is 444 g/mol. The third-order valence-electron chi connectivity index (χ3n) is 5.95. The van der Waals surface area contributed by atoms with Crippen LogP contribution in [0.2, 0.25) is 0 Å². The molecule has 0 bridgehead atoms. The van der Waals surface area contributed by atoms with Gasteiger partial charge in [0, 0.05) is 24.2 Å². The van der Waals surface area contributed by atoms with Gasteiger partial charge in [0.2, 0.25) is 0 Å². The predicted molar refractivity (Wildman–Crippen MR) is 132 cm³/mol. The van der Waals surface area contributed by atoms with E-state index >= 15 is 0 Å². The van der Waals surface area contributed by atoms with Crippen LogP contribution in [0, 0.1) is 6.92 Å². The Balaban J connectivity index is 1.70. The quantitative estimate of drug-likeness (QED) is 0.350. The van der Waals surface area contributed by atoms with Crippen LogP contribution in [0.4, 0.5) is 0 Å². The molecule has 2 aromatic carbocycles. The van der Waals surface area contributed by atoms with E-state index in [2.05, 4.69) is 37.5 Å². The lowest BCUT2D eigenvalue weighted by molar-refractivity contribution is -0.144. The van der Waals surface area contributed by atoms with Gasteiger partial charge in [-0.1, -0.05) is 49.4 Å². The number of hydrogen-bond acceptors (Lipinski definition) is 7. The van der Waals surface area contributed by atoms with E-state index in [9.17, 15) is 9.59 Å². The van der Waals surface area contributed by atoms with Gasteiger partial charge in [-0.15, -0.1) is 5.10 Å². The number of pyridine rings is 1. The molecule has 0 saturated carbocycles. The molecule has 0 aliphatic rings. The molecule has 9 nitrogen and oxygen atoms in total. The molecule has 2 heterocycles. The summed E-state index contributed by atoms with van der Waals surface area (Å²) >= 11 is 0. The molecule has 0 saturated heterocycles. The first-order chi connectivity index (χ1) is 17.0. The fourth-order valence-electron chi connectivity index (χ4n) is 4.29. The summed E-state index contributed by atoms with van der Waals surface area (Å²) in [6, 6.07) is 17.8. The van der Waals surface area contributed by atoms with Gasteiger partial charge in [0.15, 0.2) is 5.82 Å². The molecule has 1 atom stereocenters. The normalized spacial score (nSPS) is 12.2. The summed E-state index contributed by atoms with van der Waals surface area (Å²) in [5.41, 5.74) is 3.54. The third kappa shape index (κ3) is 5.81. The fourth-order valence-corrected chi connectivity index (χ4v) is 4.29. The van der Waals surface area contributed by atoms with Gasteiger partial charge in [-0.05, 0) is 59.3 Å². The Morgan fingerprint density at radius 3 is 2.66 bits per heavy atom. The van der Waals surface area contributed by atoms with Crippen LogP contribution in [0.1, 0.15) is 48.8 Å². The maximum absolute atomic E-state index is 13.0. The molecule has 35 heavy (non-hydrogen) atoms. The van der Waals surface area contributed by atoms with E-state index < -0.39 is 5.97 Å². The van der Waals surface area contributed by atoms with Crippen molar-refractivity contribution < 1.29 is 9.53 Å². The zero-order valence-electron chi connectivity index (χ0n) is 20.3. The molecule has 9 heteroatoms. The number of aromatic nitrogens is 5. The number of aryl methyl sites for hydroxylation is 1. The summed E-state index contributed by atoms with van der Waals surface area (Å²) in [6.07, 6.45) is 0.681. The van der Waals surface area contributed by atoms with Crippen LogP contribution >= 0.6 is 0 Å². The number of fused-ring (bicyclic) bond motifs is 1. The molecule has 0 aliphatic heterocycles. The first kappa shape index (κ1) is 24.3. The van der Waals surface area contributed by atoms with Crippen molar-refractivity contribution in [1.82, 2.24) is 30.1 Å². The van der Waals surface area contributed by atoms with Gasteiger partial charge in [-0.25, -0.2) is 4.68 Å². The van der Waals surface area contributed by atoms with E-state index in [4.69, 9.17) is 4.74 Å². The lowest BCUT2D eigenvalue weighted by atomic mass is 10.1. The van der Waals surface area contributed by atoms with Crippen molar-refractivity contribution in [2.75, 3.05) is 6.61 Å². The Bertz CT molecular complexity index is 1350. The van der Waals surface area contributed by atoms with E-state index in [0.717, 1.165) is 22.0 Å². The molecule has 0 spiro atoms. The second kappa shape index (κ2) is 11.1. The highest BCUT2D eigenvalue weighted by atomic mass is 16.5. The number of ether oxygens (including phenoxy) is 1. The van der Waals surface area contributed by atoms with Gasteiger partial charge < -0.3 is 9.72 Å². The van der Waals surface area contributed by atoms with Crippen molar-refractivity contribution in [3.05, 3.63) is 87.5 Å². The SMILES string of the molecule is CCOC(=O)Cn1nnnc1C(CC)N(Cc1ccccc1)Cc1cc2ccc(C)cc2[nH]c1=O. The standard InChI is InChI=1S/C26H30N6O3/c1-4-23(25-28-29-30-32(25)17-24(33)35-5-2)31(15-19-9-7-6-8-10-19)16-21-14-20-12-11-18(3)13-22(20)27-26(21)34/h6-14,23H,4-5,15-17H2,1-3H3,(H,27,34). The van der Waals surface area contributed by atoms with Gasteiger partial charge >= 0.3 is 5.97 Å². The summed E-state index contributed by atoms with van der Waals surface area (Å²) < 4.78 is 6.57. The number of esters is 1. The number of rotatable bonds is 10. The fraction of sp³-hybridized carbons (Fsp3) is 0.346. The maximum Gasteiger partial charge on any atom is 0.327 e. The number of benzene rings is 2. The second-order valence-corrected chi connectivity index (χ2v) is 8.53. The van der Waals surface area contributed by atoms with Crippen molar-refractivity contribution in [1.29, 1.82) is 0 Å². The number of hydrogen-bond donors (Lipinski definition) is 1. The minimum absolute atomic E-state index is 0.0677. The van der Waals surface area contributed by atoms with Crippen molar-refractivity contribution in [3.8, 4) is 0 Å². The van der Waals surface area contributed by atoms with Crippen LogP contribution in [0.25, 0.3) is 10.9 Å². The predicted octanol–water partition coefficient (Wildman–Crippen LogP) is 3.54. The smallest absolute Gasteiger partial charge is 0.327 e.